The molecule has 18 heavy (non-hydrogen) atoms. The minimum absolute atomic E-state index is 0.541. The molecule has 1 heterocycles. The highest BCUT2D eigenvalue weighted by Gasteiger charge is 2.28. The second-order valence-corrected chi connectivity index (χ2v) is 4.90. The lowest BCUT2D eigenvalue weighted by Gasteiger charge is -2.30. The fraction of sp³-hybridized carbons (Fsp3) is 0.750. The summed E-state index contributed by atoms with van der Waals surface area (Å²) in [5.74, 6) is 0. The maximum absolute atomic E-state index is 12.2. The van der Waals surface area contributed by atoms with E-state index in [4.69, 9.17) is 0 Å². The van der Waals surface area contributed by atoms with Crippen LogP contribution in [0.4, 0.5) is 0 Å². The van der Waals surface area contributed by atoms with E-state index in [1.54, 1.807) is 0 Å². The van der Waals surface area contributed by atoms with Crippen molar-refractivity contribution >= 4 is 0 Å². The molecule has 6 heteroatoms. The molecule has 1 aromatic heterocycles. The average molecular weight is 255 g/mol. The Kier molecular flexibility index (Phi) is 3.98. The SMILES string of the molecule is CCCC(C)(CC)n1c(=O)n(C)c(=O)n(C)c1=O. The van der Waals surface area contributed by atoms with E-state index in [9.17, 15) is 14.4 Å². The molecule has 0 saturated carbocycles. The Morgan fingerprint density at radius 1 is 0.944 bits per heavy atom. The topological polar surface area (TPSA) is 66.0 Å². The molecule has 0 aliphatic rings. The van der Waals surface area contributed by atoms with E-state index in [0.29, 0.717) is 6.42 Å². The van der Waals surface area contributed by atoms with E-state index in [1.165, 1.54) is 18.7 Å². The van der Waals surface area contributed by atoms with Crippen LogP contribution in [0.1, 0.15) is 40.0 Å². The Morgan fingerprint density at radius 2 is 1.39 bits per heavy atom. The molecule has 0 aliphatic carbocycles. The van der Waals surface area contributed by atoms with Crippen molar-refractivity contribution in [1.82, 2.24) is 13.7 Å². The molecule has 0 N–H and O–H groups in total. The predicted molar refractivity (Wildman–Crippen MR) is 70.0 cm³/mol. The number of hydrogen-bond donors (Lipinski definition) is 0. The maximum Gasteiger partial charge on any atom is 0.336 e. The van der Waals surface area contributed by atoms with Crippen LogP contribution in [0, 0.1) is 0 Å². The van der Waals surface area contributed by atoms with Gasteiger partial charge in [-0.3, -0.25) is 0 Å². The van der Waals surface area contributed by atoms with Crippen LogP contribution >= 0.6 is 0 Å². The lowest BCUT2D eigenvalue weighted by Crippen LogP contribution is -2.58. The zero-order valence-electron chi connectivity index (χ0n) is 11.7. The van der Waals surface area contributed by atoms with Crippen LogP contribution < -0.4 is 17.1 Å². The predicted octanol–water partition coefficient (Wildman–Crippen LogP) is 0.171. The van der Waals surface area contributed by atoms with Gasteiger partial charge in [-0.05, 0) is 19.8 Å². The van der Waals surface area contributed by atoms with Crippen LogP contribution in [0.25, 0.3) is 0 Å². The summed E-state index contributed by atoms with van der Waals surface area (Å²) in [4.78, 5) is 36.0. The second-order valence-electron chi connectivity index (χ2n) is 4.90. The quantitative estimate of drug-likeness (QED) is 0.770. The molecule has 1 aromatic rings. The fourth-order valence-electron chi connectivity index (χ4n) is 2.22. The van der Waals surface area contributed by atoms with Crippen LogP contribution in [-0.2, 0) is 19.6 Å². The van der Waals surface area contributed by atoms with Crippen molar-refractivity contribution in [1.29, 1.82) is 0 Å². The first kappa shape index (κ1) is 14.5. The van der Waals surface area contributed by atoms with Gasteiger partial charge in [0.15, 0.2) is 0 Å². The van der Waals surface area contributed by atoms with Crippen molar-refractivity contribution in [3.05, 3.63) is 31.5 Å². The Labute approximate surface area is 105 Å². The van der Waals surface area contributed by atoms with E-state index in [2.05, 4.69) is 0 Å². The molecule has 1 rings (SSSR count). The van der Waals surface area contributed by atoms with E-state index in [1.807, 2.05) is 20.8 Å². The third-order valence-electron chi connectivity index (χ3n) is 3.62. The van der Waals surface area contributed by atoms with Crippen LogP contribution in [0.2, 0.25) is 0 Å². The van der Waals surface area contributed by atoms with Gasteiger partial charge in [-0.15, -0.1) is 0 Å². The molecule has 0 fully saturated rings. The summed E-state index contributed by atoms with van der Waals surface area (Å²) in [5, 5.41) is 0. The molecule has 102 valence electrons. The van der Waals surface area contributed by atoms with Gasteiger partial charge in [0, 0.05) is 14.1 Å². The standard InChI is InChI=1S/C12H21N3O3/c1-6-8-12(3,7-2)15-10(17)13(4)9(16)14(5)11(15)18/h6-8H2,1-5H3. The maximum atomic E-state index is 12.2. The highest BCUT2D eigenvalue weighted by Crippen LogP contribution is 2.22. The van der Waals surface area contributed by atoms with Crippen LogP contribution in [0.3, 0.4) is 0 Å². The molecular formula is C12H21N3O3. The van der Waals surface area contributed by atoms with Crippen molar-refractivity contribution in [2.24, 2.45) is 14.1 Å². The summed E-state index contributed by atoms with van der Waals surface area (Å²) >= 11 is 0. The minimum Gasteiger partial charge on any atom is -0.248 e. The van der Waals surface area contributed by atoms with Gasteiger partial charge >= 0.3 is 17.1 Å². The monoisotopic (exact) mass is 255 g/mol. The molecule has 0 amide bonds. The van der Waals surface area contributed by atoms with Gasteiger partial charge in [0.05, 0.1) is 5.54 Å². The largest absolute Gasteiger partial charge is 0.336 e. The molecule has 6 nitrogen and oxygen atoms in total. The lowest BCUT2D eigenvalue weighted by molar-refractivity contribution is 0.242. The second kappa shape index (κ2) is 4.96. The number of rotatable bonds is 4. The first-order valence-corrected chi connectivity index (χ1v) is 6.19. The Morgan fingerprint density at radius 3 is 1.72 bits per heavy atom. The van der Waals surface area contributed by atoms with Gasteiger partial charge in [0.2, 0.25) is 0 Å². The highest BCUT2D eigenvalue weighted by molar-refractivity contribution is 4.87. The molecule has 0 aromatic carbocycles. The first-order chi connectivity index (χ1) is 8.30. The van der Waals surface area contributed by atoms with Crippen LogP contribution in [-0.4, -0.2) is 13.7 Å². The van der Waals surface area contributed by atoms with E-state index < -0.39 is 22.6 Å². The Bertz CT molecular complexity index is 568. The molecule has 0 bridgehead atoms. The summed E-state index contributed by atoms with van der Waals surface area (Å²) in [6, 6.07) is 0. The van der Waals surface area contributed by atoms with E-state index in [0.717, 1.165) is 22.0 Å². The Balaban J connectivity index is 3.76. The van der Waals surface area contributed by atoms with Gasteiger partial charge in [0.25, 0.3) is 0 Å². The van der Waals surface area contributed by atoms with Crippen LogP contribution in [0.5, 0.6) is 0 Å². The minimum atomic E-state index is -0.587. The summed E-state index contributed by atoms with van der Waals surface area (Å²) < 4.78 is 3.16. The number of hydrogen-bond acceptors (Lipinski definition) is 3. The molecule has 0 saturated heterocycles. The van der Waals surface area contributed by atoms with Crippen molar-refractivity contribution in [3.8, 4) is 0 Å². The van der Waals surface area contributed by atoms with E-state index >= 15 is 0 Å². The highest BCUT2D eigenvalue weighted by atomic mass is 16.2. The van der Waals surface area contributed by atoms with Gasteiger partial charge in [0.1, 0.15) is 0 Å². The third-order valence-corrected chi connectivity index (χ3v) is 3.62. The van der Waals surface area contributed by atoms with Crippen molar-refractivity contribution in [2.75, 3.05) is 0 Å². The zero-order valence-corrected chi connectivity index (χ0v) is 11.7. The van der Waals surface area contributed by atoms with Gasteiger partial charge in [-0.2, -0.15) is 0 Å². The summed E-state index contributed by atoms with van der Waals surface area (Å²) in [6.45, 7) is 5.82. The molecular weight excluding hydrogens is 234 g/mol. The first-order valence-electron chi connectivity index (χ1n) is 6.19. The zero-order chi connectivity index (χ0) is 14.1. The van der Waals surface area contributed by atoms with Gasteiger partial charge < -0.3 is 0 Å². The number of nitrogens with zero attached hydrogens (tertiary/aromatic N) is 3. The summed E-state index contributed by atoms with van der Waals surface area (Å²) in [5.41, 5.74) is -2.22. The lowest BCUT2D eigenvalue weighted by atomic mass is 9.93. The van der Waals surface area contributed by atoms with Crippen molar-refractivity contribution < 1.29 is 0 Å². The van der Waals surface area contributed by atoms with Crippen LogP contribution in [0.15, 0.2) is 14.4 Å². The molecule has 0 radical (unpaired) electrons. The number of aromatic nitrogens is 3. The fourth-order valence-corrected chi connectivity index (χ4v) is 2.22. The third kappa shape index (κ3) is 2.07. The molecule has 1 atom stereocenters. The van der Waals surface area contributed by atoms with E-state index in [-0.39, 0.29) is 0 Å². The van der Waals surface area contributed by atoms with Crippen molar-refractivity contribution in [3.63, 3.8) is 0 Å². The smallest absolute Gasteiger partial charge is 0.248 e. The Hall–Kier alpha value is -1.59. The van der Waals surface area contributed by atoms with Gasteiger partial charge in [-0.1, -0.05) is 20.3 Å². The average Bonchev–Trinajstić information content (AvgIpc) is 2.34. The van der Waals surface area contributed by atoms with Gasteiger partial charge in [-0.25, -0.2) is 28.1 Å². The van der Waals surface area contributed by atoms with Crippen molar-refractivity contribution in [2.45, 2.75) is 45.6 Å². The normalized spacial score (nSPS) is 14.5. The summed E-state index contributed by atoms with van der Waals surface area (Å²) in [6.07, 6.45) is 2.24. The molecule has 0 aliphatic heterocycles. The molecule has 0 spiro atoms. The summed E-state index contributed by atoms with van der Waals surface area (Å²) in [7, 11) is 2.78. The molecule has 1 unspecified atom stereocenters.